The third-order valence-electron chi connectivity index (χ3n) is 5.18. The number of allylic oxidation sites excluding steroid dienone is 4. The van der Waals surface area contributed by atoms with Gasteiger partial charge in [0.05, 0.1) is 5.57 Å². The molecule has 1 unspecified atom stereocenters. The largest absolute Gasteiger partial charge is 0.355 e. The van der Waals surface area contributed by atoms with Gasteiger partial charge in [0.2, 0.25) is 0 Å². The van der Waals surface area contributed by atoms with Gasteiger partial charge < -0.3 is 10.2 Å². The van der Waals surface area contributed by atoms with Crippen LogP contribution in [-0.4, -0.2) is 17.9 Å². The SMILES string of the molecule is CC/C=C1\C(C(=O)NC)=CC(C)=CN1Cc1cccc(C)c1/C=C\C(C)CC. The summed E-state index contributed by atoms with van der Waals surface area (Å²) in [7, 11) is 1.68. The molecule has 0 fully saturated rings. The first-order valence-electron chi connectivity index (χ1n) is 10.3. The van der Waals surface area contributed by atoms with Crippen LogP contribution < -0.4 is 5.32 Å². The van der Waals surface area contributed by atoms with E-state index in [1.165, 1.54) is 16.7 Å². The number of hydrogen-bond donors (Lipinski definition) is 1. The molecule has 1 atom stereocenters. The van der Waals surface area contributed by atoms with Crippen LogP contribution in [0.1, 0.15) is 57.2 Å². The summed E-state index contributed by atoms with van der Waals surface area (Å²) >= 11 is 0. The van der Waals surface area contributed by atoms with Crippen molar-refractivity contribution in [3.05, 3.63) is 76.2 Å². The van der Waals surface area contributed by atoms with E-state index in [0.29, 0.717) is 5.92 Å². The van der Waals surface area contributed by atoms with Crippen LogP contribution >= 0.6 is 0 Å². The van der Waals surface area contributed by atoms with Crippen LogP contribution in [0.15, 0.2) is 59.5 Å². The minimum absolute atomic E-state index is 0.0433. The van der Waals surface area contributed by atoms with Gasteiger partial charge in [0.25, 0.3) is 5.91 Å². The Hall–Kier alpha value is -2.55. The van der Waals surface area contributed by atoms with Crippen LogP contribution in [0.25, 0.3) is 6.08 Å². The van der Waals surface area contributed by atoms with Gasteiger partial charge in [-0.1, -0.05) is 63.6 Å². The maximum absolute atomic E-state index is 12.4. The molecule has 2 rings (SSSR count). The Balaban J connectivity index is 2.43. The number of hydrogen-bond acceptors (Lipinski definition) is 2. The lowest BCUT2D eigenvalue weighted by Crippen LogP contribution is -2.29. The molecule has 1 aliphatic rings. The zero-order valence-corrected chi connectivity index (χ0v) is 18.2. The van der Waals surface area contributed by atoms with Crippen LogP contribution in [0.3, 0.4) is 0 Å². The summed E-state index contributed by atoms with van der Waals surface area (Å²) < 4.78 is 0. The number of amides is 1. The lowest BCUT2D eigenvalue weighted by molar-refractivity contribution is -0.116. The predicted octanol–water partition coefficient (Wildman–Crippen LogP) is 5.74. The normalized spacial score (nSPS) is 16.9. The first-order chi connectivity index (χ1) is 13.4. The highest BCUT2D eigenvalue weighted by Gasteiger charge is 2.22. The fourth-order valence-electron chi connectivity index (χ4n) is 3.37. The molecule has 1 amide bonds. The fourth-order valence-corrected chi connectivity index (χ4v) is 3.37. The molecule has 3 nitrogen and oxygen atoms in total. The van der Waals surface area contributed by atoms with Gasteiger partial charge >= 0.3 is 0 Å². The van der Waals surface area contributed by atoms with Crippen molar-refractivity contribution in [3.8, 4) is 0 Å². The van der Waals surface area contributed by atoms with E-state index < -0.39 is 0 Å². The van der Waals surface area contributed by atoms with E-state index in [9.17, 15) is 4.79 Å². The number of carbonyl (C=O) groups excluding carboxylic acids is 1. The third-order valence-corrected chi connectivity index (χ3v) is 5.18. The molecule has 0 aromatic heterocycles. The number of nitrogens with one attached hydrogen (secondary N) is 1. The number of rotatable bonds is 7. The summed E-state index contributed by atoms with van der Waals surface area (Å²) in [6, 6.07) is 6.47. The van der Waals surface area contributed by atoms with E-state index in [2.05, 4.69) is 80.5 Å². The van der Waals surface area contributed by atoms with E-state index in [1.54, 1.807) is 7.05 Å². The third kappa shape index (κ3) is 5.25. The monoisotopic (exact) mass is 378 g/mol. The summed E-state index contributed by atoms with van der Waals surface area (Å²) in [5, 5.41) is 2.77. The highest BCUT2D eigenvalue weighted by Crippen LogP contribution is 2.28. The van der Waals surface area contributed by atoms with E-state index >= 15 is 0 Å². The standard InChI is InChI=1S/C25H34N2O/c1-7-10-24-23(25(28)26-6)15-19(4)16-27(24)17-21-12-9-11-20(5)22(21)14-13-18(3)8-2/h9-16,18H,7-8,17H2,1-6H3,(H,26,28)/b14-13-,24-10+. The molecule has 0 radical (unpaired) electrons. The minimum atomic E-state index is -0.0433. The number of benzene rings is 1. The molecule has 28 heavy (non-hydrogen) atoms. The molecule has 150 valence electrons. The molecule has 1 aliphatic heterocycles. The molecule has 1 N–H and O–H groups in total. The van der Waals surface area contributed by atoms with Crippen molar-refractivity contribution in [1.29, 1.82) is 0 Å². The van der Waals surface area contributed by atoms with Crippen molar-refractivity contribution in [2.75, 3.05) is 7.05 Å². The van der Waals surface area contributed by atoms with Crippen molar-refractivity contribution in [1.82, 2.24) is 10.2 Å². The van der Waals surface area contributed by atoms with Crippen LogP contribution in [-0.2, 0) is 11.3 Å². The van der Waals surface area contributed by atoms with Crippen molar-refractivity contribution in [2.45, 2.75) is 54.0 Å². The molecular formula is C25H34N2O. The smallest absolute Gasteiger partial charge is 0.253 e. The Morgan fingerprint density at radius 3 is 2.64 bits per heavy atom. The van der Waals surface area contributed by atoms with E-state index in [4.69, 9.17) is 0 Å². The zero-order valence-electron chi connectivity index (χ0n) is 18.2. The average molecular weight is 379 g/mol. The highest BCUT2D eigenvalue weighted by atomic mass is 16.1. The summed E-state index contributed by atoms with van der Waals surface area (Å²) in [5.74, 6) is 0.515. The second-order valence-electron chi connectivity index (χ2n) is 7.53. The number of carbonyl (C=O) groups is 1. The molecule has 0 aliphatic carbocycles. The molecule has 3 heteroatoms. The second kappa shape index (κ2) is 10.1. The molecule has 0 spiro atoms. The van der Waals surface area contributed by atoms with Gasteiger partial charge in [-0.2, -0.15) is 0 Å². The van der Waals surface area contributed by atoms with Crippen LogP contribution in [0.4, 0.5) is 0 Å². The number of aryl methyl sites for hydroxylation is 1. The van der Waals surface area contributed by atoms with Gasteiger partial charge in [0, 0.05) is 25.5 Å². The van der Waals surface area contributed by atoms with Gasteiger partial charge in [0.15, 0.2) is 0 Å². The predicted molar refractivity (Wildman–Crippen MR) is 119 cm³/mol. The van der Waals surface area contributed by atoms with E-state index in [0.717, 1.165) is 36.2 Å². The molecule has 0 bridgehead atoms. The molecule has 1 aromatic carbocycles. The maximum atomic E-state index is 12.4. The topological polar surface area (TPSA) is 32.3 Å². The van der Waals surface area contributed by atoms with Crippen molar-refractivity contribution >= 4 is 12.0 Å². The van der Waals surface area contributed by atoms with Crippen molar-refractivity contribution in [3.63, 3.8) is 0 Å². The zero-order chi connectivity index (χ0) is 20.7. The second-order valence-corrected chi connectivity index (χ2v) is 7.53. The molecule has 1 aromatic rings. The Bertz CT molecular complexity index is 827. The Morgan fingerprint density at radius 1 is 1.25 bits per heavy atom. The lowest BCUT2D eigenvalue weighted by Gasteiger charge is -2.30. The molecule has 1 heterocycles. The van der Waals surface area contributed by atoms with Crippen LogP contribution in [0.2, 0.25) is 0 Å². The molecule has 0 saturated carbocycles. The lowest BCUT2D eigenvalue weighted by atomic mass is 9.97. The Morgan fingerprint density at radius 2 is 2.00 bits per heavy atom. The van der Waals surface area contributed by atoms with Crippen LogP contribution in [0.5, 0.6) is 0 Å². The Labute approximate surface area is 170 Å². The fraction of sp³-hybridized carbons (Fsp3) is 0.400. The molecular weight excluding hydrogens is 344 g/mol. The highest BCUT2D eigenvalue weighted by molar-refractivity contribution is 5.98. The van der Waals surface area contributed by atoms with Crippen molar-refractivity contribution < 1.29 is 4.79 Å². The summed E-state index contributed by atoms with van der Waals surface area (Å²) in [5.41, 5.74) is 6.61. The summed E-state index contributed by atoms with van der Waals surface area (Å²) in [6.07, 6.45) is 12.8. The maximum Gasteiger partial charge on any atom is 0.253 e. The van der Waals surface area contributed by atoms with E-state index in [-0.39, 0.29) is 5.91 Å². The minimum Gasteiger partial charge on any atom is -0.355 e. The Kier molecular flexibility index (Phi) is 7.86. The first kappa shape index (κ1) is 21.7. The van der Waals surface area contributed by atoms with Crippen molar-refractivity contribution in [2.24, 2.45) is 5.92 Å². The summed E-state index contributed by atoms with van der Waals surface area (Å²) in [4.78, 5) is 14.6. The average Bonchev–Trinajstić information content (AvgIpc) is 2.68. The van der Waals surface area contributed by atoms with Gasteiger partial charge in [0.1, 0.15) is 0 Å². The molecule has 0 saturated heterocycles. The van der Waals surface area contributed by atoms with E-state index in [1.807, 2.05) is 13.0 Å². The first-order valence-corrected chi connectivity index (χ1v) is 10.3. The number of nitrogens with zero attached hydrogens (tertiary/aromatic N) is 1. The van der Waals surface area contributed by atoms with Gasteiger partial charge in [-0.05, 0) is 54.5 Å². The number of likely N-dealkylation sites (N-methyl/N-ethyl adjacent to an activating group) is 1. The quantitative estimate of drug-likeness (QED) is 0.656. The summed E-state index contributed by atoms with van der Waals surface area (Å²) in [6.45, 7) is 11.5. The van der Waals surface area contributed by atoms with Gasteiger partial charge in [-0.15, -0.1) is 0 Å². The van der Waals surface area contributed by atoms with Gasteiger partial charge in [-0.25, -0.2) is 0 Å². The van der Waals surface area contributed by atoms with Gasteiger partial charge in [-0.3, -0.25) is 4.79 Å². The van der Waals surface area contributed by atoms with Crippen LogP contribution in [0, 0.1) is 12.8 Å².